The predicted molar refractivity (Wildman–Crippen MR) is 50.9 cm³/mol. The molecule has 1 aromatic rings. The number of hydrogen-bond acceptors (Lipinski definition) is 3. The summed E-state index contributed by atoms with van der Waals surface area (Å²) >= 11 is 0. The highest BCUT2D eigenvalue weighted by Gasteiger charge is 2.26. The number of ketones is 2. The van der Waals surface area contributed by atoms with Gasteiger partial charge in [-0.15, -0.1) is 0 Å². The molecule has 0 saturated carbocycles. The molecule has 0 atom stereocenters. The summed E-state index contributed by atoms with van der Waals surface area (Å²) in [4.78, 5) is 23.1. The molecule has 3 heteroatoms. The molecule has 1 aliphatic carbocycles. The average Bonchev–Trinajstić information content (AvgIpc) is 2.23. The number of hydrogen-bond donors (Lipinski definition) is 0. The van der Waals surface area contributed by atoms with Crippen LogP contribution in [-0.4, -0.2) is 18.7 Å². The summed E-state index contributed by atoms with van der Waals surface area (Å²) in [5.41, 5.74) is 0.951. The first kappa shape index (κ1) is 8.94. The van der Waals surface area contributed by atoms with Gasteiger partial charge in [0.05, 0.1) is 12.7 Å². The van der Waals surface area contributed by atoms with Gasteiger partial charge in [0, 0.05) is 18.4 Å². The third-order valence-corrected chi connectivity index (χ3v) is 2.40. The van der Waals surface area contributed by atoms with Crippen LogP contribution in [0.15, 0.2) is 18.2 Å². The van der Waals surface area contributed by atoms with Gasteiger partial charge < -0.3 is 4.74 Å². The van der Waals surface area contributed by atoms with E-state index >= 15 is 0 Å². The summed E-state index contributed by atoms with van der Waals surface area (Å²) in [6.07, 6.45) is 0.616. The van der Waals surface area contributed by atoms with Crippen LogP contribution < -0.4 is 4.74 Å². The van der Waals surface area contributed by atoms with Crippen LogP contribution in [0.25, 0.3) is 0 Å². The zero-order valence-electron chi connectivity index (χ0n) is 7.87. The molecule has 0 fully saturated rings. The summed E-state index contributed by atoms with van der Waals surface area (Å²) in [6, 6.07) is 5.11. The molecule has 0 radical (unpaired) electrons. The van der Waals surface area contributed by atoms with Crippen molar-refractivity contribution in [2.75, 3.05) is 7.11 Å². The first-order valence-electron chi connectivity index (χ1n) is 4.47. The molecular formula is C11H10O3. The van der Waals surface area contributed by atoms with E-state index in [0.717, 1.165) is 0 Å². The van der Waals surface area contributed by atoms with E-state index in [1.54, 1.807) is 18.2 Å². The highest BCUT2D eigenvalue weighted by molar-refractivity contribution is 6.15. The summed E-state index contributed by atoms with van der Waals surface area (Å²) < 4.78 is 5.06. The van der Waals surface area contributed by atoms with Gasteiger partial charge in [-0.3, -0.25) is 9.59 Å². The maximum absolute atomic E-state index is 11.6. The Morgan fingerprint density at radius 1 is 1.14 bits per heavy atom. The summed E-state index contributed by atoms with van der Waals surface area (Å²) in [5, 5.41) is 0. The molecule has 14 heavy (non-hydrogen) atoms. The third-order valence-electron chi connectivity index (χ3n) is 2.40. The van der Waals surface area contributed by atoms with E-state index < -0.39 is 0 Å². The zero-order chi connectivity index (χ0) is 10.1. The van der Waals surface area contributed by atoms with Crippen LogP contribution in [0.2, 0.25) is 0 Å². The van der Waals surface area contributed by atoms with Crippen molar-refractivity contribution in [3.8, 4) is 5.75 Å². The quantitative estimate of drug-likeness (QED) is 0.678. The van der Waals surface area contributed by atoms with Gasteiger partial charge >= 0.3 is 0 Å². The number of benzene rings is 1. The number of Topliss-reactive ketones (excluding diaryl/α,β-unsaturated/α-hetero) is 2. The number of fused-ring (bicyclic) bond motifs is 1. The Morgan fingerprint density at radius 2 is 1.86 bits per heavy atom. The Kier molecular flexibility index (Phi) is 2.08. The van der Waals surface area contributed by atoms with Crippen LogP contribution in [-0.2, 0) is 0 Å². The molecule has 3 nitrogen and oxygen atoms in total. The molecule has 0 unspecified atom stereocenters. The molecule has 0 aromatic heterocycles. The lowest BCUT2D eigenvalue weighted by atomic mass is 9.89. The minimum Gasteiger partial charge on any atom is -0.496 e. The van der Waals surface area contributed by atoms with E-state index in [1.165, 1.54) is 7.11 Å². The van der Waals surface area contributed by atoms with Crippen LogP contribution >= 0.6 is 0 Å². The normalized spacial score (nSPS) is 15.2. The number of methoxy groups -OCH3 is 1. The minimum absolute atomic E-state index is 0.00273. The monoisotopic (exact) mass is 190 g/mol. The lowest BCUT2D eigenvalue weighted by Gasteiger charge is -2.15. The van der Waals surface area contributed by atoms with Gasteiger partial charge in [0.15, 0.2) is 11.6 Å². The van der Waals surface area contributed by atoms with Crippen molar-refractivity contribution < 1.29 is 14.3 Å². The van der Waals surface area contributed by atoms with Crippen molar-refractivity contribution in [3.05, 3.63) is 29.3 Å². The standard InChI is InChI=1S/C11H10O3/c1-14-10-4-2-3-7-8(12)5-6-9(13)11(7)10/h2-4H,5-6H2,1H3. The minimum atomic E-state index is -0.00273. The second-order valence-electron chi connectivity index (χ2n) is 3.23. The van der Waals surface area contributed by atoms with Crippen molar-refractivity contribution in [2.24, 2.45) is 0 Å². The Bertz CT molecular complexity index is 407. The van der Waals surface area contributed by atoms with Crippen molar-refractivity contribution in [1.82, 2.24) is 0 Å². The second-order valence-corrected chi connectivity index (χ2v) is 3.23. The maximum Gasteiger partial charge on any atom is 0.167 e. The number of carbonyl (C=O) groups excluding carboxylic acids is 2. The fraction of sp³-hybridized carbons (Fsp3) is 0.273. The molecule has 1 aromatic carbocycles. The van der Waals surface area contributed by atoms with E-state index in [4.69, 9.17) is 4.74 Å². The topological polar surface area (TPSA) is 43.4 Å². The van der Waals surface area contributed by atoms with E-state index in [9.17, 15) is 9.59 Å². The first-order chi connectivity index (χ1) is 6.74. The predicted octanol–water partition coefficient (Wildman–Crippen LogP) is 1.85. The third kappa shape index (κ3) is 1.21. The summed E-state index contributed by atoms with van der Waals surface area (Å²) in [6.45, 7) is 0. The van der Waals surface area contributed by atoms with E-state index in [-0.39, 0.29) is 11.6 Å². The van der Waals surface area contributed by atoms with Crippen LogP contribution in [0.3, 0.4) is 0 Å². The number of rotatable bonds is 1. The summed E-state index contributed by atoms with van der Waals surface area (Å²) in [5.74, 6) is 0.524. The zero-order valence-corrected chi connectivity index (χ0v) is 7.87. The van der Waals surface area contributed by atoms with Gasteiger partial charge in [-0.05, 0) is 6.07 Å². The first-order valence-corrected chi connectivity index (χ1v) is 4.47. The van der Waals surface area contributed by atoms with Gasteiger partial charge in [-0.2, -0.15) is 0 Å². The van der Waals surface area contributed by atoms with E-state index in [0.29, 0.717) is 29.7 Å². The summed E-state index contributed by atoms with van der Waals surface area (Å²) in [7, 11) is 1.50. The molecule has 0 saturated heterocycles. The Hall–Kier alpha value is -1.64. The molecule has 72 valence electrons. The molecule has 0 amide bonds. The fourth-order valence-electron chi connectivity index (χ4n) is 1.71. The van der Waals surface area contributed by atoms with Gasteiger partial charge in [0.1, 0.15) is 5.75 Å². The number of ether oxygens (including phenoxy) is 1. The maximum atomic E-state index is 11.6. The van der Waals surface area contributed by atoms with Gasteiger partial charge in [-0.25, -0.2) is 0 Å². The van der Waals surface area contributed by atoms with Crippen LogP contribution in [0.4, 0.5) is 0 Å². The molecular weight excluding hydrogens is 180 g/mol. The highest BCUT2D eigenvalue weighted by atomic mass is 16.5. The molecule has 0 bridgehead atoms. The van der Waals surface area contributed by atoms with Crippen molar-refractivity contribution in [3.63, 3.8) is 0 Å². The van der Waals surface area contributed by atoms with Crippen LogP contribution in [0.1, 0.15) is 33.6 Å². The molecule has 2 rings (SSSR count). The Morgan fingerprint density at radius 3 is 2.57 bits per heavy atom. The van der Waals surface area contributed by atoms with Gasteiger partial charge in [0.2, 0.25) is 0 Å². The van der Waals surface area contributed by atoms with Crippen molar-refractivity contribution in [1.29, 1.82) is 0 Å². The largest absolute Gasteiger partial charge is 0.496 e. The van der Waals surface area contributed by atoms with Crippen molar-refractivity contribution in [2.45, 2.75) is 12.8 Å². The van der Waals surface area contributed by atoms with Crippen LogP contribution in [0, 0.1) is 0 Å². The SMILES string of the molecule is COc1cccc2c1C(=O)CCC2=O. The molecule has 0 aliphatic heterocycles. The lowest BCUT2D eigenvalue weighted by Crippen LogP contribution is -2.17. The molecule has 0 heterocycles. The number of carbonyl (C=O) groups is 2. The van der Waals surface area contributed by atoms with Gasteiger partial charge in [-0.1, -0.05) is 12.1 Å². The molecule has 0 spiro atoms. The fourth-order valence-corrected chi connectivity index (χ4v) is 1.71. The molecule has 1 aliphatic rings. The van der Waals surface area contributed by atoms with E-state index in [1.807, 2.05) is 0 Å². The average molecular weight is 190 g/mol. The van der Waals surface area contributed by atoms with E-state index in [2.05, 4.69) is 0 Å². The van der Waals surface area contributed by atoms with Gasteiger partial charge in [0.25, 0.3) is 0 Å². The highest BCUT2D eigenvalue weighted by Crippen LogP contribution is 2.29. The van der Waals surface area contributed by atoms with Crippen molar-refractivity contribution >= 4 is 11.6 Å². The lowest BCUT2D eigenvalue weighted by molar-refractivity contribution is 0.0887. The van der Waals surface area contributed by atoms with Crippen LogP contribution in [0.5, 0.6) is 5.75 Å². The Labute approximate surface area is 81.7 Å². The molecule has 0 N–H and O–H groups in total. The smallest absolute Gasteiger partial charge is 0.167 e. The Balaban J connectivity index is 2.66. The second kappa shape index (κ2) is 3.25.